The quantitative estimate of drug-likeness (QED) is 0.711. The number of amides is 1. The Labute approximate surface area is 144 Å². The Bertz CT molecular complexity index is 687. The molecule has 0 saturated carbocycles. The lowest BCUT2D eigenvalue weighted by molar-refractivity contribution is -0.116. The Hall–Kier alpha value is -2.08. The van der Waals surface area contributed by atoms with Crippen LogP contribution >= 0.6 is 11.8 Å². The molecule has 0 bridgehead atoms. The maximum atomic E-state index is 12.5. The molecule has 128 valence electrons. The van der Waals surface area contributed by atoms with Gasteiger partial charge in [-0.05, 0) is 49.2 Å². The summed E-state index contributed by atoms with van der Waals surface area (Å²) in [6.45, 7) is 4.17. The van der Waals surface area contributed by atoms with Crippen molar-refractivity contribution < 1.29 is 18.3 Å². The Morgan fingerprint density at radius 3 is 2.50 bits per heavy atom. The van der Waals surface area contributed by atoms with E-state index in [9.17, 15) is 13.6 Å². The number of halogens is 2. The van der Waals surface area contributed by atoms with Gasteiger partial charge in [-0.2, -0.15) is 8.78 Å². The van der Waals surface area contributed by atoms with Gasteiger partial charge in [-0.15, -0.1) is 0 Å². The first kappa shape index (κ1) is 18.3. The summed E-state index contributed by atoms with van der Waals surface area (Å²) < 4.78 is 30.6. The first-order valence-corrected chi connectivity index (χ1v) is 8.37. The van der Waals surface area contributed by atoms with Crippen LogP contribution in [-0.2, 0) is 4.79 Å². The molecule has 0 spiro atoms. The molecule has 24 heavy (non-hydrogen) atoms. The van der Waals surface area contributed by atoms with Crippen LogP contribution in [-0.4, -0.2) is 18.3 Å². The van der Waals surface area contributed by atoms with E-state index < -0.39 is 5.76 Å². The summed E-state index contributed by atoms with van der Waals surface area (Å²) in [6.07, 6.45) is 0.140. The minimum Gasteiger partial charge on any atom is -0.493 e. The average molecular weight is 351 g/mol. The number of hydrogen-bond donors (Lipinski definition) is 1. The van der Waals surface area contributed by atoms with Crippen LogP contribution in [0.2, 0.25) is 0 Å². The molecular weight excluding hydrogens is 332 g/mol. The van der Waals surface area contributed by atoms with Crippen molar-refractivity contribution in [2.45, 2.75) is 30.9 Å². The molecular formula is C18H19F2NO2S. The lowest BCUT2D eigenvalue weighted by Crippen LogP contribution is -2.15. The lowest BCUT2D eigenvalue weighted by Gasteiger charge is -2.11. The first-order chi connectivity index (χ1) is 11.4. The second kappa shape index (κ2) is 8.68. The second-order valence-electron chi connectivity index (χ2n) is 5.34. The van der Waals surface area contributed by atoms with Crippen molar-refractivity contribution in [2.75, 3.05) is 11.9 Å². The summed E-state index contributed by atoms with van der Waals surface area (Å²) in [7, 11) is 0. The van der Waals surface area contributed by atoms with E-state index in [0.717, 1.165) is 11.1 Å². The molecule has 1 N–H and O–H groups in total. The highest BCUT2D eigenvalue weighted by molar-refractivity contribution is 7.99. The zero-order valence-electron chi connectivity index (χ0n) is 13.5. The van der Waals surface area contributed by atoms with Crippen LogP contribution in [0.4, 0.5) is 14.5 Å². The summed E-state index contributed by atoms with van der Waals surface area (Å²) in [5.74, 6) is -2.09. The van der Waals surface area contributed by atoms with Crippen molar-refractivity contribution in [3.8, 4) is 5.75 Å². The summed E-state index contributed by atoms with van der Waals surface area (Å²) in [5.41, 5.74) is 2.57. The molecule has 6 heteroatoms. The highest BCUT2D eigenvalue weighted by Crippen LogP contribution is 2.31. The van der Waals surface area contributed by atoms with Crippen molar-refractivity contribution in [1.82, 2.24) is 0 Å². The largest absolute Gasteiger partial charge is 0.493 e. The molecule has 0 aliphatic heterocycles. The van der Waals surface area contributed by atoms with Gasteiger partial charge in [-0.1, -0.05) is 30.0 Å². The fraction of sp³-hybridized carbons (Fsp3) is 0.278. The van der Waals surface area contributed by atoms with Crippen LogP contribution in [0, 0.1) is 13.8 Å². The van der Waals surface area contributed by atoms with Crippen LogP contribution in [0.15, 0.2) is 47.4 Å². The maximum Gasteiger partial charge on any atom is 0.288 e. The number of rotatable bonds is 7. The molecule has 2 rings (SSSR count). The first-order valence-electron chi connectivity index (χ1n) is 7.49. The normalized spacial score (nSPS) is 10.7. The maximum absolute atomic E-state index is 12.5. The topological polar surface area (TPSA) is 38.3 Å². The molecule has 0 fully saturated rings. The molecule has 2 aromatic rings. The van der Waals surface area contributed by atoms with Gasteiger partial charge in [0.25, 0.3) is 5.76 Å². The summed E-state index contributed by atoms with van der Waals surface area (Å²) >= 11 is 0.412. The predicted octanol–water partition coefficient (Wildman–Crippen LogP) is 5.03. The Kier molecular flexibility index (Phi) is 6.61. The van der Waals surface area contributed by atoms with Crippen LogP contribution in [0.5, 0.6) is 5.75 Å². The van der Waals surface area contributed by atoms with Crippen LogP contribution in [0.3, 0.4) is 0 Å². The third kappa shape index (κ3) is 5.85. The molecule has 1 amide bonds. The van der Waals surface area contributed by atoms with E-state index in [1.807, 2.05) is 32.0 Å². The van der Waals surface area contributed by atoms with Gasteiger partial charge in [0.1, 0.15) is 5.75 Å². The highest BCUT2D eigenvalue weighted by Gasteiger charge is 2.11. The van der Waals surface area contributed by atoms with E-state index >= 15 is 0 Å². The number of anilines is 1. The monoisotopic (exact) mass is 351 g/mol. The second-order valence-corrected chi connectivity index (χ2v) is 6.38. The molecule has 2 aromatic carbocycles. The molecule has 0 heterocycles. The third-order valence-electron chi connectivity index (χ3n) is 3.17. The molecule has 0 saturated heterocycles. The van der Waals surface area contributed by atoms with Crippen molar-refractivity contribution >= 4 is 23.4 Å². The van der Waals surface area contributed by atoms with Gasteiger partial charge in [-0.3, -0.25) is 4.79 Å². The fourth-order valence-corrected chi connectivity index (χ4v) is 2.85. The van der Waals surface area contributed by atoms with Gasteiger partial charge in [0.05, 0.1) is 18.7 Å². The molecule has 0 aliphatic rings. The van der Waals surface area contributed by atoms with E-state index in [1.165, 1.54) is 0 Å². The Balaban J connectivity index is 1.87. The fourth-order valence-electron chi connectivity index (χ4n) is 2.26. The highest BCUT2D eigenvalue weighted by atomic mass is 32.2. The number of hydrogen-bond acceptors (Lipinski definition) is 3. The van der Waals surface area contributed by atoms with Gasteiger partial charge in [0.2, 0.25) is 5.91 Å². The smallest absolute Gasteiger partial charge is 0.288 e. The number of aryl methyl sites for hydroxylation is 2. The number of benzene rings is 2. The SMILES string of the molecule is Cc1cc(C)cc(OCCC(=O)Nc2ccccc2SC(F)F)c1. The van der Waals surface area contributed by atoms with Gasteiger partial charge < -0.3 is 10.1 Å². The van der Waals surface area contributed by atoms with E-state index in [-0.39, 0.29) is 18.9 Å². The number of ether oxygens (including phenoxy) is 1. The van der Waals surface area contributed by atoms with E-state index in [0.29, 0.717) is 28.1 Å². The molecule has 0 atom stereocenters. The summed E-state index contributed by atoms with van der Waals surface area (Å²) in [4.78, 5) is 12.3. The standard InChI is InChI=1S/C18H19F2NO2S/c1-12-9-13(2)11-14(10-12)23-8-7-17(22)21-15-5-3-4-6-16(15)24-18(19)20/h3-6,9-11,18H,7-8H2,1-2H3,(H,21,22). The van der Waals surface area contributed by atoms with E-state index in [1.54, 1.807) is 24.3 Å². The molecule has 0 radical (unpaired) electrons. The summed E-state index contributed by atoms with van der Waals surface area (Å²) in [5, 5.41) is 2.65. The lowest BCUT2D eigenvalue weighted by atomic mass is 10.1. The van der Waals surface area contributed by atoms with Gasteiger partial charge in [0, 0.05) is 4.90 Å². The Morgan fingerprint density at radius 2 is 1.83 bits per heavy atom. The van der Waals surface area contributed by atoms with Crippen LogP contribution in [0.25, 0.3) is 0 Å². The van der Waals surface area contributed by atoms with Crippen LogP contribution in [0.1, 0.15) is 17.5 Å². The van der Waals surface area contributed by atoms with Gasteiger partial charge >= 0.3 is 0 Å². The van der Waals surface area contributed by atoms with Crippen molar-refractivity contribution in [3.05, 3.63) is 53.6 Å². The zero-order chi connectivity index (χ0) is 17.5. The average Bonchev–Trinajstić information content (AvgIpc) is 2.48. The van der Waals surface area contributed by atoms with Gasteiger partial charge in [0.15, 0.2) is 0 Å². The minimum absolute atomic E-state index is 0.140. The number of nitrogens with one attached hydrogen (secondary N) is 1. The Morgan fingerprint density at radius 1 is 1.17 bits per heavy atom. The number of thioether (sulfide) groups is 1. The number of carbonyl (C=O) groups excluding carboxylic acids is 1. The van der Waals surface area contributed by atoms with Crippen LogP contribution < -0.4 is 10.1 Å². The van der Waals surface area contributed by atoms with Gasteiger partial charge in [-0.25, -0.2) is 0 Å². The zero-order valence-corrected chi connectivity index (χ0v) is 14.3. The number of carbonyl (C=O) groups is 1. The molecule has 0 unspecified atom stereocenters. The third-order valence-corrected chi connectivity index (χ3v) is 3.96. The van der Waals surface area contributed by atoms with E-state index in [4.69, 9.17) is 4.74 Å². The molecule has 3 nitrogen and oxygen atoms in total. The molecule has 0 aromatic heterocycles. The van der Waals surface area contributed by atoms with Crippen molar-refractivity contribution in [2.24, 2.45) is 0 Å². The predicted molar refractivity (Wildman–Crippen MR) is 93.0 cm³/mol. The number of para-hydroxylation sites is 1. The van der Waals surface area contributed by atoms with E-state index in [2.05, 4.69) is 5.32 Å². The number of alkyl halides is 2. The minimum atomic E-state index is -2.53. The molecule has 0 aliphatic carbocycles. The summed E-state index contributed by atoms with van der Waals surface area (Å²) in [6, 6.07) is 12.3. The van der Waals surface area contributed by atoms with Crippen molar-refractivity contribution in [1.29, 1.82) is 0 Å². The van der Waals surface area contributed by atoms with Crippen molar-refractivity contribution in [3.63, 3.8) is 0 Å².